The Labute approximate surface area is 120 Å². The van der Waals surface area contributed by atoms with E-state index in [0.29, 0.717) is 12.5 Å². The number of likely N-dealkylation sites (tertiary alicyclic amines) is 1. The summed E-state index contributed by atoms with van der Waals surface area (Å²) in [7, 11) is 0. The van der Waals surface area contributed by atoms with Crippen LogP contribution in [0.1, 0.15) is 33.1 Å². The molecule has 2 N–H and O–H groups in total. The molecule has 2 fully saturated rings. The molecular formula is C13H24ClN3O2. The van der Waals surface area contributed by atoms with Crippen molar-refractivity contribution in [3.8, 4) is 0 Å². The molecule has 2 aliphatic rings. The highest BCUT2D eigenvalue weighted by molar-refractivity contribution is 5.87. The second kappa shape index (κ2) is 7.10. The number of carbonyl (C=O) groups excluding carboxylic acids is 2. The van der Waals surface area contributed by atoms with Gasteiger partial charge < -0.3 is 15.5 Å². The highest BCUT2D eigenvalue weighted by Gasteiger charge is 2.34. The number of halogens is 1. The molecule has 0 saturated carbocycles. The molecule has 19 heavy (non-hydrogen) atoms. The van der Waals surface area contributed by atoms with Crippen molar-refractivity contribution in [2.45, 2.75) is 45.2 Å². The maximum absolute atomic E-state index is 12.2. The molecule has 5 nitrogen and oxygen atoms in total. The first-order chi connectivity index (χ1) is 8.59. The zero-order valence-corrected chi connectivity index (χ0v) is 12.5. The van der Waals surface area contributed by atoms with E-state index in [-0.39, 0.29) is 36.3 Å². The minimum absolute atomic E-state index is 0. The Bertz CT molecular complexity index is 338. The topological polar surface area (TPSA) is 61.4 Å². The van der Waals surface area contributed by atoms with E-state index in [1.807, 2.05) is 0 Å². The SMILES string of the molecule is CC(=O)N1CCCC1C(=O)NC1CNCCC1C.Cl. The third-order valence-electron chi connectivity index (χ3n) is 4.12. The van der Waals surface area contributed by atoms with Crippen molar-refractivity contribution in [2.75, 3.05) is 19.6 Å². The van der Waals surface area contributed by atoms with Crippen LogP contribution >= 0.6 is 12.4 Å². The minimum Gasteiger partial charge on any atom is -0.350 e. The molecule has 0 spiro atoms. The smallest absolute Gasteiger partial charge is 0.243 e. The molecule has 0 bridgehead atoms. The van der Waals surface area contributed by atoms with Crippen LogP contribution < -0.4 is 10.6 Å². The van der Waals surface area contributed by atoms with Crippen LogP contribution in [0.4, 0.5) is 0 Å². The maximum atomic E-state index is 12.2. The highest BCUT2D eigenvalue weighted by atomic mass is 35.5. The molecule has 0 aliphatic carbocycles. The zero-order valence-electron chi connectivity index (χ0n) is 11.6. The van der Waals surface area contributed by atoms with Gasteiger partial charge in [0.1, 0.15) is 6.04 Å². The number of nitrogens with one attached hydrogen (secondary N) is 2. The monoisotopic (exact) mass is 289 g/mol. The third-order valence-corrected chi connectivity index (χ3v) is 4.12. The molecule has 2 amide bonds. The van der Waals surface area contributed by atoms with Crippen LogP contribution in [-0.2, 0) is 9.59 Å². The van der Waals surface area contributed by atoms with Gasteiger partial charge >= 0.3 is 0 Å². The summed E-state index contributed by atoms with van der Waals surface area (Å²) in [5, 5.41) is 6.40. The molecule has 3 unspecified atom stereocenters. The van der Waals surface area contributed by atoms with Gasteiger partial charge in [0.25, 0.3) is 0 Å². The third kappa shape index (κ3) is 3.83. The van der Waals surface area contributed by atoms with Crippen molar-refractivity contribution in [1.82, 2.24) is 15.5 Å². The van der Waals surface area contributed by atoms with E-state index in [9.17, 15) is 9.59 Å². The number of hydrogen-bond acceptors (Lipinski definition) is 3. The van der Waals surface area contributed by atoms with Gasteiger partial charge in [0, 0.05) is 26.1 Å². The number of carbonyl (C=O) groups is 2. The second-order valence-electron chi connectivity index (χ2n) is 5.46. The van der Waals surface area contributed by atoms with E-state index in [1.54, 1.807) is 4.90 Å². The number of rotatable bonds is 2. The Morgan fingerprint density at radius 3 is 2.68 bits per heavy atom. The molecule has 3 atom stereocenters. The van der Waals surface area contributed by atoms with E-state index >= 15 is 0 Å². The fourth-order valence-corrected chi connectivity index (χ4v) is 2.88. The Morgan fingerprint density at radius 1 is 1.32 bits per heavy atom. The van der Waals surface area contributed by atoms with Crippen molar-refractivity contribution in [3.63, 3.8) is 0 Å². The number of nitrogens with zero attached hydrogens (tertiary/aromatic N) is 1. The summed E-state index contributed by atoms with van der Waals surface area (Å²) < 4.78 is 0. The molecule has 0 radical (unpaired) electrons. The van der Waals surface area contributed by atoms with E-state index in [1.165, 1.54) is 6.92 Å². The molecule has 2 aliphatic heterocycles. The summed E-state index contributed by atoms with van der Waals surface area (Å²) in [5.74, 6) is 0.521. The van der Waals surface area contributed by atoms with Crippen LogP contribution in [0, 0.1) is 5.92 Å². The highest BCUT2D eigenvalue weighted by Crippen LogP contribution is 2.18. The first kappa shape index (κ1) is 16.2. The van der Waals surface area contributed by atoms with Gasteiger partial charge in [-0.05, 0) is 31.7 Å². The Balaban J connectivity index is 0.00000180. The molecule has 0 aromatic rings. The predicted molar refractivity (Wildman–Crippen MR) is 76.2 cm³/mol. The van der Waals surface area contributed by atoms with Gasteiger partial charge in [-0.3, -0.25) is 9.59 Å². The van der Waals surface area contributed by atoms with Gasteiger partial charge in [-0.2, -0.15) is 0 Å². The summed E-state index contributed by atoms with van der Waals surface area (Å²) in [4.78, 5) is 25.4. The summed E-state index contributed by atoms with van der Waals surface area (Å²) in [6.45, 7) is 6.28. The second-order valence-corrected chi connectivity index (χ2v) is 5.46. The Kier molecular flexibility index (Phi) is 6.07. The van der Waals surface area contributed by atoms with Gasteiger partial charge in [0.15, 0.2) is 0 Å². The standard InChI is InChI=1S/C13H23N3O2.ClH/c1-9-5-6-14-8-11(9)15-13(18)12-4-3-7-16(12)10(2)17;/h9,11-12,14H,3-8H2,1-2H3,(H,15,18);1H. The molecule has 6 heteroatoms. The number of piperidine rings is 1. The number of hydrogen-bond donors (Lipinski definition) is 2. The lowest BCUT2D eigenvalue weighted by atomic mass is 9.94. The molecular weight excluding hydrogens is 266 g/mol. The largest absolute Gasteiger partial charge is 0.350 e. The minimum atomic E-state index is -0.253. The average molecular weight is 290 g/mol. The molecule has 0 aromatic carbocycles. The first-order valence-electron chi connectivity index (χ1n) is 6.88. The van der Waals surface area contributed by atoms with E-state index < -0.39 is 0 Å². The first-order valence-corrected chi connectivity index (χ1v) is 6.88. The molecule has 2 heterocycles. The van der Waals surface area contributed by atoms with Gasteiger partial charge in [0.05, 0.1) is 0 Å². The van der Waals surface area contributed by atoms with Crippen LogP contribution in [0.3, 0.4) is 0 Å². The van der Waals surface area contributed by atoms with Gasteiger partial charge in [-0.1, -0.05) is 6.92 Å². The summed E-state index contributed by atoms with van der Waals surface area (Å²) in [6.07, 6.45) is 2.81. The average Bonchev–Trinajstić information content (AvgIpc) is 2.81. The zero-order chi connectivity index (χ0) is 13.1. The van der Waals surface area contributed by atoms with Crippen molar-refractivity contribution < 1.29 is 9.59 Å². The van der Waals surface area contributed by atoms with E-state index in [2.05, 4.69) is 17.6 Å². The van der Waals surface area contributed by atoms with Gasteiger partial charge in [0.2, 0.25) is 11.8 Å². The van der Waals surface area contributed by atoms with E-state index in [0.717, 1.165) is 32.4 Å². The normalized spacial score (nSPS) is 30.6. The fraction of sp³-hybridized carbons (Fsp3) is 0.846. The van der Waals surface area contributed by atoms with Gasteiger partial charge in [-0.15, -0.1) is 12.4 Å². The van der Waals surface area contributed by atoms with Crippen LogP contribution in [0.25, 0.3) is 0 Å². The Morgan fingerprint density at radius 2 is 2.05 bits per heavy atom. The number of amides is 2. The van der Waals surface area contributed by atoms with Crippen molar-refractivity contribution >= 4 is 24.2 Å². The predicted octanol–water partition coefficient (Wildman–Crippen LogP) is 0.533. The summed E-state index contributed by atoms with van der Waals surface area (Å²) in [6, 6.07) is -0.0581. The summed E-state index contributed by atoms with van der Waals surface area (Å²) >= 11 is 0. The van der Waals surface area contributed by atoms with Crippen LogP contribution in [0.5, 0.6) is 0 Å². The summed E-state index contributed by atoms with van der Waals surface area (Å²) in [5.41, 5.74) is 0. The Hall–Kier alpha value is -0.810. The lowest BCUT2D eigenvalue weighted by molar-refractivity contribution is -0.137. The van der Waals surface area contributed by atoms with Crippen LogP contribution in [0.2, 0.25) is 0 Å². The lowest BCUT2D eigenvalue weighted by Crippen LogP contribution is -2.54. The fourth-order valence-electron chi connectivity index (χ4n) is 2.88. The van der Waals surface area contributed by atoms with Crippen LogP contribution in [0.15, 0.2) is 0 Å². The van der Waals surface area contributed by atoms with Gasteiger partial charge in [-0.25, -0.2) is 0 Å². The maximum Gasteiger partial charge on any atom is 0.243 e. The molecule has 2 rings (SSSR count). The molecule has 0 aromatic heterocycles. The van der Waals surface area contributed by atoms with E-state index in [4.69, 9.17) is 0 Å². The quantitative estimate of drug-likeness (QED) is 0.780. The van der Waals surface area contributed by atoms with Crippen molar-refractivity contribution in [1.29, 1.82) is 0 Å². The molecule has 110 valence electrons. The lowest BCUT2D eigenvalue weighted by Gasteiger charge is -2.32. The van der Waals surface area contributed by atoms with Crippen LogP contribution in [-0.4, -0.2) is 48.4 Å². The molecule has 2 saturated heterocycles. The van der Waals surface area contributed by atoms with Crippen molar-refractivity contribution in [2.24, 2.45) is 5.92 Å². The van der Waals surface area contributed by atoms with Crippen molar-refractivity contribution in [3.05, 3.63) is 0 Å².